The van der Waals surface area contributed by atoms with Gasteiger partial charge in [0.05, 0.1) is 11.5 Å². The third kappa shape index (κ3) is 4.29. The van der Waals surface area contributed by atoms with Gasteiger partial charge in [0.2, 0.25) is 0 Å². The summed E-state index contributed by atoms with van der Waals surface area (Å²) in [4.78, 5) is 12.5. The SMILES string of the molecule is O=C(O)/C=C/c1cc(F)ccc1N1CCCS(=O)(=O)CC1. The van der Waals surface area contributed by atoms with Gasteiger partial charge in [-0.15, -0.1) is 0 Å². The van der Waals surface area contributed by atoms with Crippen LogP contribution in [0, 0.1) is 5.82 Å². The van der Waals surface area contributed by atoms with Crippen LogP contribution >= 0.6 is 0 Å². The lowest BCUT2D eigenvalue weighted by atomic mass is 10.1. The van der Waals surface area contributed by atoms with Crippen molar-refractivity contribution in [1.29, 1.82) is 0 Å². The van der Waals surface area contributed by atoms with E-state index in [2.05, 4.69) is 0 Å². The molecule has 5 nitrogen and oxygen atoms in total. The van der Waals surface area contributed by atoms with E-state index in [0.717, 1.165) is 6.08 Å². The number of carbonyl (C=O) groups is 1. The van der Waals surface area contributed by atoms with Crippen molar-refractivity contribution in [3.8, 4) is 0 Å². The second kappa shape index (κ2) is 6.26. The lowest BCUT2D eigenvalue weighted by Crippen LogP contribution is -2.27. The maximum absolute atomic E-state index is 13.3. The standard InChI is InChI=1S/C14H16FNO4S/c15-12-3-4-13(11(10-12)2-5-14(17)18)16-6-1-8-21(19,20)9-7-16/h2-5,10H,1,6-9H2,(H,17,18)/b5-2+. The van der Waals surface area contributed by atoms with E-state index in [9.17, 15) is 17.6 Å². The molecule has 0 saturated carbocycles. The van der Waals surface area contributed by atoms with E-state index in [4.69, 9.17) is 5.11 Å². The van der Waals surface area contributed by atoms with Gasteiger partial charge in [-0.3, -0.25) is 0 Å². The van der Waals surface area contributed by atoms with Crippen LogP contribution in [0.1, 0.15) is 12.0 Å². The molecule has 21 heavy (non-hydrogen) atoms. The largest absolute Gasteiger partial charge is 0.478 e. The Morgan fingerprint density at radius 2 is 2.05 bits per heavy atom. The lowest BCUT2D eigenvalue weighted by Gasteiger charge is -2.24. The van der Waals surface area contributed by atoms with E-state index < -0.39 is 21.6 Å². The fraction of sp³-hybridized carbons (Fsp3) is 0.357. The molecule has 0 amide bonds. The highest BCUT2D eigenvalue weighted by molar-refractivity contribution is 7.91. The van der Waals surface area contributed by atoms with E-state index in [1.54, 1.807) is 6.07 Å². The summed E-state index contributed by atoms with van der Waals surface area (Å²) in [5, 5.41) is 8.69. The summed E-state index contributed by atoms with van der Waals surface area (Å²) >= 11 is 0. The van der Waals surface area contributed by atoms with Crippen LogP contribution in [0.3, 0.4) is 0 Å². The molecule has 0 aliphatic carbocycles. The molecule has 1 saturated heterocycles. The number of carboxylic acid groups (broad SMARTS) is 1. The van der Waals surface area contributed by atoms with Crippen molar-refractivity contribution >= 4 is 27.6 Å². The highest BCUT2D eigenvalue weighted by Gasteiger charge is 2.20. The van der Waals surface area contributed by atoms with Crippen molar-refractivity contribution in [3.63, 3.8) is 0 Å². The third-order valence-electron chi connectivity index (χ3n) is 3.29. The van der Waals surface area contributed by atoms with Gasteiger partial charge in [0.1, 0.15) is 5.82 Å². The molecule has 2 rings (SSSR count). The maximum atomic E-state index is 13.3. The van der Waals surface area contributed by atoms with Gasteiger partial charge in [0.25, 0.3) is 0 Å². The molecule has 7 heteroatoms. The maximum Gasteiger partial charge on any atom is 0.328 e. The number of aliphatic carboxylic acids is 1. The smallest absolute Gasteiger partial charge is 0.328 e. The summed E-state index contributed by atoms with van der Waals surface area (Å²) in [6.07, 6.45) is 2.76. The summed E-state index contributed by atoms with van der Waals surface area (Å²) in [6.45, 7) is 0.862. The van der Waals surface area contributed by atoms with Crippen molar-refractivity contribution < 1.29 is 22.7 Å². The van der Waals surface area contributed by atoms with Crippen molar-refractivity contribution in [3.05, 3.63) is 35.7 Å². The predicted molar refractivity (Wildman–Crippen MR) is 78.6 cm³/mol. The van der Waals surface area contributed by atoms with E-state index in [0.29, 0.717) is 30.8 Å². The first-order valence-corrected chi connectivity index (χ1v) is 8.35. The Morgan fingerprint density at radius 1 is 1.29 bits per heavy atom. The normalized spacial score (nSPS) is 18.6. The number of nitrogens with zero attached hydrogens (tertiary/aromatic N) is 1. The fourth-order valence-corrected chi connectivity index (χ4v) is 3.56. The molecule has 1 fully saturated rings. The first-order chi connectivity index (χ1) is 9.87. The van der Waals surface area contributed by atoms with E-state index >= 15 is 0 Å². The number of halogens is 1. The van der Waals surface area contributed by atoms with Crippen LogP contribution < -0.4 is 4.90 Å². The molecule has 0 spiro atoms. The molecular formula is C14H16FNO4S. The Labute approximate surface area is 122 Å². The van der Waals surface area contributed by atoms with E-state index in [1.807, 2.05) is 4.90 Å². The minimum atomic E-state index is -3.03. The van der Waals surface area contributed by atoms with Gasteiger partial charge in [0.15, 0.2) is 9.84 Å². The minimum Gasteiger partial charge on any atom is -0.478 e. The molecule has 1 aromatic carbocycles. The topological polar surface area (TPSA) is 74.7 Å². The minimum absolute atomic E-state index is 0.0481. The quantitative estimate of drug-likeness (QED) is 0.857. The van der Waals surface area contributed by atoms with Crippen LogP contribution in [0.25, 0.3) is 6.08 Å². The third-order valence-corrected chi connectivity index (χ3v) is 5.01. The Hall–Kier alpha value is -1.89. The number of hydrogen-bond donors (Lipinski definition) is 1. The van der Waals surface area contributed by atoms with Crippen LogP contribution in [-0.2, 0) is 14.6 Å². The van der Waals surface area contributed by atoms with E-state index in [-0.39, 0.29) is 11.5 Å². The van der Waals surface area contributed by atoms with Gasteiger partial charge in [0, 0.05) is 30.4 Å². The van der Waals surface area contributed by atoms with Gasteiger partial charge >= 0.3 is 5.97 Å². The van der Waals surface area contributed by atoms with Crippen LogP contribution in [0.5, 0.6) is 0 Å². The molecule has 114 valence electrons. The molecule has 0 atom stereocenters. The molecular weight excluding hydrogens is 297 g/mol. The molecule has 1 aliphatic rings. The number of anilines is 1. The van der Waals surface area contributed by atoms with Crippen LogP contribution in [-0.4, -0.2) is 44.1 Å². The van der Waals surface area contributed by atoms with Crippen molar-refractivity contribution in [2.24, 2.45) is 0 Å². The first-order valence-electron chi connectivity index (χ1n) is 6.53. The molecule has 0 unspecified atom stereocenters. The second-order valence-electron chi connectivity index (χ2n) is 4.87. The number of rotatable bonds is 3. The Balaban J connectivity index is 2.32. The molecule has 1 heterocycles. The van der Waals surface area contributed by atoms with Crippen molar-refractivity contribution in [2.75, 3.05) is 29.5 Å². The number of sulfone groups is 1. The highest BCUT2D eigenvalue weighted by Crippen LogP contribution is 2.24. The lowest BCUT2D eigenvalue weighted by molar-refractivity contribution is -0.131. The van der Waals surface area contributed by atoms with Crippen molar-refractivity contribution in [2.45, 2.75) is 6.42 Å². The number of benzene rings is 1. The van der Waals surface area contributed by atoms with Gasteiger partial charge < -0.3 is 10.0 Å². The second-order valence-corrected chi connectivity index (χ2v) is 7.17. The van der Waals surface area contributed by atoms with Gasteiger partial charge in [-0.2, -0.15) is 0 Å². The molecule has 0 aromatic heterocycles. The Bertz CT molecular complexity index is 670. The number of carboxylic acids is 1. The number of hydrogen-bond acceptors (Lipinski definition) is 4. The zero-order chi connectivity index (χ0) is 15.5. The average Bonchev–Trinajstić information content (AvgIpc) is 2.57. The predicted octanol–water partition coefficient (Wildman–Crippen LogP) is 1.55. The van der Waals surface area contributed by atoms with Crippen LogP contribution in [0.2, 0.25) is 0 Å². The van der Waals surface area contributed by atoms with Gasteiger partial charge in [-0.25, -0.2) is 17.6 Å². The summed E-state index contributed by atoms with van der Waals surface area (Å²) < 4.78 is 36.6. The Morgan fingerprint density at radius 3 is 2.76 bits per heavy atom. The first kappa shape index (κ1) is 15.5. The summed E-state index contributed by atoms with van der Waals surface area (Å²) in [5.74, 6) is -1.40. The summed E-state index contributed by atoms with van der Waals surface area (Å²) in [6, 6.07) is 4.08. The van der Waals surface area contributed by atoms with Crippen molar-refractivity contribution in [1.82, 2.24) is 0 Å². The Kier molecular flexibility index (Phi) is 4.62. The summed E-state index contributed by atoms with van der Waals surface area (Å²) in [5.41, 5.74) is 1.07. The molecule has 1 N–H and O–H groups in total. The van der Waals surface area contributed by atoms with E-state index in [1.165, 1.54) is 18.2 Å². The zero-order valence-corrected chi connectivity index (χ0v) is 12.1. The van der Waals surface area contributed by atoms with Gasteiger partial charge in [-0.05, 0) is 30.7 Å². The van der Waals surface area contributed by atoms with Crippen LogP contribution in [0.15, 0.2) is 24.3 Å². The fourth-order valence-electron chi connectivity index (χ4n) is 2.29. The highest BCUT2D eigenvalue weighted by atomic mass is 32.2. The zero-order valence-electron chi connectivity index (χ0n) is 11.3. The van der Waals surface area contributed by atoms with Gasteiger partial charge in [-0.1, -0.05) is 0 Å². The average molecular weight is 313 g/mol. The molecule has 1 aromatic rings. The molecule has 0 radical (unpaired) electrons. The van der Waals surface area contributed by atoms with Crippen LogP contribution in [0.4, 0.5) is 10.1 Å². The summed E-state index contributed by atoms with van der Waals surface area (Å²) in [7, 11) is -3.03. The molecule has 1 aliphatic heterocycles. The molecule has 0 bridgehead atoms. The monoisotopic (exact) mass is 313 g/mol.